The maximum absolute atomic E-state index is 12.9. The number of nitrogen functional groups attached to an aromatic ring is 1. The fraction of sp³-hybridized carbons (Fsp3) is 0.263. The van der Waals surface area contributed by atoms with Gasteiger partial charge in [-0.05, 0) is 0 Å². The van der Waals surface area contributed by atoms with Gasteiger partial charge in [0.2, 0.25) is 18.1 Å². The molecule has 182 valence electrons. The number of β-lactam (4-membered cyclic amide) rings is 1. The number of carbonyl (C=O) groups excluding carboxylic acids is 3. The number of rotatable bonds is 9. The molecule has 0 saturated carbocycles. The molecule has 4 heterocycles. The zero-order valence-electron chi connectivity index (χ0n) is 17.7. The van der Waals surface area contributed by atoms with Gasteiger partial charge in [-0.3, -0.25) is 14.5 Å². The van der Waals surface area contributed by atoms with E-state index in [-0.39, 0.29) is 23.2 Å². The summed E-state index contributed by atoms with van der Waals surface area (Å²) < 4.78 is 5.63. The molecule has 1 unspecified atom stereocenters. The number of carbonyl (C=O) groups is 4. The smallest absolute Gasteiger partial charge is 0.344 e. The first-order valence-electron chi connectivity index (χ1n) is 9.90. The fourth-order valence-corrected chi connectivity index (χ4v) is 5.20. The molecule has 2 aromatic heterocycles. The molecule has 0 aromatic carbocycles. The van der Waals surface area contributed by atoms with E-state index in [4.69, 9.17) is 10.8 Å². The van der Waals surface area contributed by atoms with Crippen molar-refractivity contribution in [2.24, 2.45) is 5.16 Å². The van der Waals surface area contributed by atoms with Crippen LogP contribution in [0.2, 0.25) is 0 Å². The summed E-state index contributed by atoms with van der Waals surface area (Å²) in [4.78, 5) is 57.9. The lowest BCUT2D eigenvalue weighted by molar-refractivity contribution is -0.689. The summed E-state index contributed by atoms with van der Waals surface area (Å²) in [5.74, 6) is -4.31. The van der Waals surface area contributed by atoms with Gasteiger partial charge in [-0.2, -0.15) is 9.36 Å². The van der Waals surface area contributed by atoms with Crippen molar-refractivity contribution in [3.05, 3.63) is 47.7 Å². The molecule has 2 aromatic rings. The van der Waals surface area contributed by atoms with Crippen LogP contribution in [-0.2, 0) is 30.6 Å². The lowest BCUT2D eigenvalue weighted by Crippen LogP contribution is -2.71. The molecule has 1 fully saturated rings. The number of pyridine rings is 1. The van der Waals surface area contributed by atoms with E-state index in [2.05, 4.69) is 24.7 Å². The van der Waals surface area contributed by atoms with E-state index in [1.807, 2.05) is 6.07 Å². The fourth-order valence-electron chi connectivity index (χ4n) is 3.43. The van der Waals surface area contributed by atoms with E-state index >= 15 is 0 Å². The molecule has 0 bridgehead atoms. The number of anilines is 1. The topological polar surface area (TPSA) is 204 Å². The quantitative estimate of drug-likeness (QED) is 0.135. The van der Waals surface area contributed by atoms with Crippen molar-refractivity contribution in [2.75, 3.05) is 18.1 Å². The minimum absolute atomic E-state index is 0.0278. The zero-order valence-corrected chi connectivity index (χ0v) is 19.3. The van der Waals surface area contributed by atoms with Gasteiger partial charge in [0.1, 0.15) is 11.4 Å². The Balaban J connectivity index is 1.52. The van der Waals surface area contributed by atoms with Crippen LogP contribution in [-0.4, -0.2) is 72.6 Å². The van der Waals surface area contributed by atoms with Gasteiger partial charge in [0, 0.05) is 35.0 Å². The van der Waals surface area contributed by atoms with E-state index in [0.717, 1.165) is 16.4 Å². The van der Waals surface area contributed by atoms with Crippen molar-refractivity contribution >= 4 is 57.9 Å². The van der Waals surface area contributed by atoms with E-state index in [1.54, 1.807) is 29.1 Å². The van der Waals surface area contributed by atoms with Gasteiger partial charge in [0.05, 0.1) is 11.7 Å². The number of carboxylic acid groups (broad SMARTS) is 2. The molecule has 0 aliphatic carbocycles. The summed E-state index contributed by atoms with van der Waals surface area (Å²) in [5.41, 5.74) is 5.33. The van der Waals surface area contributed by atoms with Crippen LogP contribution in [0.15, 0.2) is 47.0 Å². The van der Waals surface area contributed by atoms with E-state index in [9.17, 15) is 24.3 Å². The van der Waals surface area contributed by atoms with E-state index in [0.29, 0.717) is 11.3 Å². The first kappa shape index (κ1) is 24.1. The highest BCUT2D eigenvalue weighted by molar-refractivity contribution is 8.00. The average Bonchev–Trinajstić information content (AvgIpc) is 3.25. The molecule has 0 spiro atoms. The third-order valence-electron chi connectivity index (χ3n) is 4.89. The molecule has 4 rings (SSSR count). The normalized spacial score (nSPS) is 19.6. The van der Waals surface area contributed by atoms with Gasteiger partial charge in [-0.1, -0.05) is 11.2 Å². The number of hydrogen-bond donors (Lipinski definition) is 3. The second kappa shape index (κ2) is 10.1. The van der Waals surface area contributed by atoms with Crippen LogP contribution < -0.4 is 20.7 Å². The molecular weight excluding hydrogens is 502 g/mol. The van der Waals surface area contributed by atoms with Gasteiger partial charge in [-0.25, -0.2) is 9.36 Å². The number of fused-ring (bicyclic) bond motifs is 1. The number of nitrogens with two attached hydrogens (primary N) is 1. The zero-order chi connectivity index (χ0) is 25.1. The predicted molar refractivity (Wildman–Crippen MR) is 118 cm³/mol. The molecule has 35 heavy (non-hydrogen) atoms. The molecule has 2 aliphatic heterocycles. The van der Waals surface area contributed by atoms with Gasteiger partial charge in [0.15, 0.2) is 24.1 Å². The summed E-state index contributed by atoms with van der Waals surface area (Å²) in [6.45, 7) is -0.577. The van der Waals surface area contributed by atoms with Crippen molar-refractivity contribution in [3.63, 3.8) is 0 Å². The number of aromatic nitrogens is 3. The second-order valence-corrected chi connectivity index (χ2v) is 9.10. The minimum atomic E-state index is -1.49. The van der Waals surface area contributed by atoms with Crippen LogP contribution >= 0.6 is 23.3 Å². The third kappa shape index (κ3) is 5.07. The van der Waals surface area contributed by atoms with Gasteiger partial charge >= 0.3 is 5.97 Å². The van der Waals surface area contributed by atoms with Gasteiger partial charge < -0.3 is 30.9 Å². The van der Waals surface area contributed by atoms with Crippen molar-refractivity contribution in [1.82, 2.24) is 19.6 Å². The molecule has 2 amide bonds. The number of carboxylic acids is 2. The first-order chi connectivity index (χ1) is 16.8. The van der Waals surface area contributed by atoms with Crippen LogP contribution in [0.1, 0.15) is 5.82 Å². The molecular formula is C19H17N7O7S2. The maximum Gasteiger partial charge on any atom is 0.344 e. The Bertz CT molecular complexity index is 1250. The molecule has 2 atom stereocenters. The van der Waals surface area contributed by atoms with Crippen molar-refractivity contribution in [1.29, 1.82) is 0 Å². The third-order valence-corrected chi connectivity index (χ3v) is 6.77. The number of thioether (sulfide) groups is 1. The first-order valence-corrected chi connectivity index (χ1v) is 11.7. The Morgan fingerprint density at radius 1 is 1.34 bits per heavy atom. The van der Waals surface area contributed by atoms with Gasteiger partial charge in [0.25, 0.3) is 11.8 Å². The van der Waals surface area contributed by atoms with Crippen LogP contribution in [0, 0.1) is 0 Å². The molecule has 14 nitrogen and oxygen atoms in total. The minimum Gasteiger partial charge on any atom is -0.543 e. The number of amides is 2. The second-order valence-electron chi connectivity index (χ2n) is 7.21. The standard InChI is InChI=1S/C19H17N7O7S2/c20-19-22-14(24-35-19)11(23-33-7-10(27)28)15(29)21-12-16(30)26-13(18(31)32)9(8-34-17(12)26)6-25-4-2-1-3-5-25/h1-5,12,17H,6-8H2,(H4-,20,21,22,24,27,28,29,31,32)/b23-11-/t12?,17-/m1/s1. The van der Waals surface area contributed by atoms with Crippen molar-refractivity contribution in [2.45, 2.75) is 18.0 Å². The summed E-state index contributed by atoms with van der Waals surface area (Å²) in [6, 6.07) is 4.33. The predicted octanol–water partition coefficient (Wildman–Crippen LogP) is -2.68. The molecule has 0 radical (unpaired) electrons. The number of aliphatic carboxylic acids is 2. The summed E-state index contributed by atoms with van der Waals surface area (Å²) in [5, 5.41) is 25.9. The average molecular weight is 520 g/mol. The Morgan fingerprint density at radius 3 is 2.71 bits per heavy atom. The Hall–Kier alpha value is -4.05. The Labute approximate surface area is 205 Å². The van der Waals surface area contributed by atoms with Gasteiger partial charge in [-0.15, -0.1) is 11.8 Å². The number of nitrogens with zero attached hydrogens (tertiary/aromatic N) is 5. The van der Waals surface area contributed by atoms with Crippen molar-refractivity contribution in [3.8, 4) is 0 Å². The SMILES string of the molecule is Nc1nc(/C(=N/OCC(=O)O)C(=O)NC2C(=O)N3C(C(=O)[O-])=C(C[n+]4ccccc4)CS[C@H]23)ns1. The van der Waals surface area contributed by atoms with Crippen molar-refractivity contribution < 1.29 is 38.8 Å². The lowest BCUT2D eigenvalue weighted by Gasteiger charge is -2.50. The molecule has 2 aliphatic rings. The molecule has 16 heteroatoms. The number of hydrogen-bond acceptors (Lipinski definition) is 12. The molecule has 4 N–H and O–H groups in total. The Morgan fingerprint density at radius 2 is 2.09 bits per heavy atom. The monoisotopic (exact) mass is 519 g/mol. The largest absolute Gasteiger partial charge is 0.543 e. The van der Waals surface area contributed by atoms with E-state index in [1.165, 1.54) is 11.8 Å². The van der Waals surface area contributed by atoms with Crippen LogP contribution in [0.25, 0.3) is 0 Å². The number of oxime groups is 1. The number of nitrogens with one attached hydrogen (secondary N) is 1. The highest BCUT2D eigenvalue weighted by Gasteiger charge is 2.53. The highest BCUT2D eigenvalue weighted by atomic mass is 32.2. The lowest BCUT2D eigenvalue weighted by atomic mass is 10.0. The van der Waals surface area contributed by atoms with Crippen LogP contribution in [0.3, 0.4) is 0 Å². The summed E-state index contributed by atoms with van der Waals surface area (Å²) >= 11 is 2.05. The maximum atomic E-state index is 12.9. The summed E-state index contributed by atoms with van der Waals surface area (Å²) in [6.07, 6.45) is 3.54. The Kier molecular flexibility index (Phi) is 6.92. The summed E-state index contributed by atoms with van der Waals surface area (Å²) in [7, 11) is 0. The van der Waals surface area contributed by atoms with Crippen LogP contribution in [0.5, 0.6) is 0 Å². The van der Waals surface area contributed by atoms with E-state index < -0.39 is 47.5 Å². The molecule has 1 saturated heterocycles. The highest BCUT2D eigenvalue weighted by Crippen LogP contribution is 2.40. The van der Waals surface area contributed by atoms with Crippen LogP contribution in [0.4, 0.5) is 5.13 Å².